The molecule has 12 heteroatoms. The van der Waals surface area contributed by atoms with Crippen LogP contribution in [0.5, 0.6) is 5.75 Å². The van der Waals surface area contributed by atoms with Crippen LogP contribution < -0.4 is 15.8 Å². The Bertz CT molecular complexity index is 1500. The third kappa shape index (κ3) is 4.74. The van der Waals surface area contributed by atoms with Crippen LogP contribution in [0, 0.1) is 0 Å². The minimum absolute atomic E-state index is 0.0702. The van der Waals surface area contributed by atoms with Crippen LogP contribution in [0.3, 0.4) is 0 Å². The number of carboxylic acid groups (broad SMARTS) is 1. The molecule has 1 aliphatic rings. The van der Waals surface area contributed by atoms with Gasteiger partial charge in [-0.2, -0.15) is 5.10 Å². The largest absolute Gasteiger partial charge is 0.496 e. The Morgan fingerprint density at radius 3 is 2.63 bits per heavy atom. The first-order valence-electron chi connectivity index (χ1n) is 12.3. The lowest BCUT2D eigenvalue weighted by molar-refractivity contribution is 0.100. The van der Waals surface area contributed by atoms with E-state index in [9.17, 15) is 14.7 Å². The SMILES string of the molecule is COc1ccccc1-c1c(C(N)=O)sc2cnc(Nc3cc(C4CCN(C(=O)O)CC4)nn3C(C)C)nc12. The summed E-state index contributed by atoms with van der Waals surface area (Å²) in [6.45, 7) is 5.06. The van der Waals surface area contributed by atoms with E-state index in [0.717, 1.165) is 34.6 Å². The fourth-order valence-electron chi connectivity index (χ4n) is 4.81. The Morgan fingerprint density at radius 2 is 1.97 bits per heavy atom. The molecule has 0 saturated carbocycles. The van der Waals surface area contributed by atoms with E-state index in [2.05, 4.69) is 10.3 Å². The molecule has 4 heterocycles. The van der Waals surface area contributed by atoms with Crippen LogP contribution in [-0.2, 0) is 0 Å². The number of para-hydroxylation sites is 1. The summed E-state index contributed by atoms with van der Waals surface area (Å²) >= 11 is 1.25. The zero-order valence-electron chi connectivity index (χ0n) is 21.3. The minimum Gasteiger partial charge on any atom is -0.496 e. The van der Waals surface area contributed by atoms with Gasteiger partial charge in [0.2, 0.25) is 5.95 Å². The van der Waals surface area contributed by atoms with E-state index >= 15 is 0 Å². The van der Waals surface area contributed by atoms with E-state index in [1.807, 2.05) is 48.9 Å². The number of piperidine rings is 1. The van der Waals surface area contributed by atoms with Crippen molar-refractivity contribution in [3.05, 3.63) is 47.1 Å². The number of thiophene rings is 1. The molecule has 2 amide bonds. The van der Waals surface area contributed by atoms with Crippen LogP contribution in [0.15, 0.2) is 36.5 Å². The Morgan fingerprint density at radius 1 is 1.24 bits per heavy atom. The smallest absolute Gasteiger partial charge is 0.407 e. The summed E-state index contributed by atoms with van der Waals surface area (Å²) < 4.78 is 8.16. The number of nitrogens with one attached hydrogen (secondary N) is 1. The van der Waals surface area contributed by atoms with Crippen molar-refractivity contribution in [3.8, 4) is 16.9 Å². The van der Waals surface area contributed by atoms with Crippen molar-refractivity contribution in [2.24, 2.45) is 5.73 Å². The number of methoxy groups -OCH3 is 1. The van der Waals surface area contributed by atoms with Gasteiger partial charge in [0.15, 0.2) is 0 Å². The summed E-state index contributed by atoms with van der Waals surface area (Å²) in [5, 5.41) is 17.4. The van der Waals surface area contributed by atoms with Gasteiger partial charge in [-0.15, -0.1) is 11.3 Å². The molecule has 38 heavy (non-hydrogen) atoms. The number of hydrogen-bond donors (Lipinski definition) is 3. The Balaban J connectivity index is 1.51. The summed E-state index contributed by atoms with van der Waals surface area (Å²) in [4.78, 5) is 34.7. The Labute approximate surface area is 223 Å². The topological polar surface area (TPSA) is 148 Å². The van der Waals surface area contributed by atoms with Crippen LogP contribution in [0.2, 0.25) is 0 Å². The van der Waals surface area contributed by atoms with Gasteiger partial charge in [0.25, 0.3) is 5.91 Å². The molecular weight excluding hydrogens is 506 g/mol. The van der Waals surface area contributed by atoms with Crippen molar-refractivity contribution in [2.45, 2.75) is 38.6 Å². The maximum Gasteiger partial charge on any atom is 0.407 e. The molecule has 1 aliphatic heterocycles. The lowest BCUT2D eigenvalue weighted by Gasteiger charge is -2.28. The third-order valence-electron chi connectivity index (χ3n) is 6.70. The third-order valence-corrected chi connectivity index (χ3v) is 7.83. The molecule has 11 nitrogen and oxygen atoms in total. The fourth-order valence-corrected chi connectivity index (χ4v) is 5.79. The molecule has 1 saturated heterocycles. The molecule has 3 aromatic heterocycles. The molecule has 4 aromatic rings. The summed E-state index contributed by atoms with van der Waals surface area (Å²) in [6.07, 6.45) is 2.23. The van der Waals surface area contributed by atoms with Crippen LogP contribution >= 0.6 is 11.3 Å². The summed E-state index contributed by atoms with van der Waals surface area (Å²) in [7, 11) is 1.58. The Hall–Kier alpha value is -4.19. The first-order chi connectivity index (χ1) is 18.3. The van der Waals surface area contributed by atoms with Crippen molar-refractivity contribution < 1.29 is 19.4 Å². The maximum atomic E-state index is 12.4. The van der Waals surface area contributed by atoms with E-state index in [1.165, 1.54) is 16.2 Å². The van der Waals surface area contributed by atoms with Crippen molar-refractivity contribution in [3.63, 3.8) is 0 Å². The van der Waals surface area contributed by atoms with E-state index in [1.54, 1.807) is 13.3 Å². The van der Waals surface area contributed by atoms with Crippen molar-refractivity contribution >= 4 is 45.3 Å². The molecule has 0 aliphatic carbocycles. The number of aromatic nitrogens is 4. The molecule has 0 unspecified atom stereocenters. The molecule has 198 valence electrons. The van der Waals surface area contributed by atoms with Crippen molar-refractivity contribution in [1.82, 2.24) is 24.6 Å². The normalized spacial score (nSPS) is 14.3. The van der Waals surface area contributed by atoms with Gasteiger partial charge < -0.3 is 25.8 Å². The molecular formula is C26H29N7O4S. The molecule has 0 atom stereocenters. The standard InChI is InChI=1S/C26H29N7O4S/c1-14(2)33-20(12-17(31-33)15-8-10-32(11-9-15)26(35)36)29-25-28-13-19-22(30-25)21(23(38-19)24(27)34)16-6-4-5-7-18(16)37-3/h4-7,12-15H,8-11H2,1-3H3,(H2,27,34)(H,35,36)(H,28,29,30). The van der Waals surface area contributed by atoms with E-state index in [4.69, 9.17) is 20.6 Å². The van der Waals surface area contributed by atoms with Crippen LogP contribution in [0.4, 0.5) is 16.6 Å². The van der Waals surface area contributed by atoms with E-state index in [0.29, 0.717) is 40.7 Å². The van der Waals surface area contributed by atoms with Gasteiger partial charge in [-0.05, 0) is 32.8 Å². The zero-order valence-corrected chi connectivity index (χ0v) is 22.2. The van der Waals surface area contributed by atoms with Crippen molar-refractivity contribution in [2.75, 3.05) is 25.5 Å². The second kappa shape index (κ2) is 10.3. The number of carbonyl (C=O) groups is 2. The van der Waals surface area contributed by atoms with Gasteiger partial charge in [-0.25, -0.2) is 19.4 Å². The fraction of sp³-hybridized carbons (Fsp3) is 0.346. The number of primary amides is 1. The highest BCUT2D eigenvalue weighted by Gasteiger charge is 2.27. The molecule has 0 spiro atoms. The highest BCUT2D eigenvalue weighted by molar-refractivity contribution is 7.21. The first-order valence-corrected chi connectivity index (χ1v) is 13.2. The van der Waals surface area contributed by atoms with E-state index in [-0.39, 0.29) is 12.0 Å². The van der Waals surface area contributed by atoms with Gasteiger partial charge >= 0.3 is 6.09 Å². The number of rotatable bonds is 7. The molecule has 4 N–H and O–H groups in total. The van der Waals surface area contributed by atoms with Crippen LogP contribution in [0.1, 0.15) is 54.0 Å². The predicted octanol–water partition coefficient (Wildman–Crippen LogP) is 4.84. The number of anilines is 2. The molecule has 1 aromatic carbocycles. The van der Waals surface area contributed by atoms with E-state index < -0.39 is 12.0 Å². The number of likely N-dealkylation sites (tertiary alicyclic amines) is 1. The molecule has 0 radical (unpaired) electrons. The Kier molecular flexibility index (Phi) is 6.89. The van der Waals surface area contributed by atoms with Gasteiger partial charge in [-0.1, -0.05) is 18.2 Å². The highest BCUT2D eigenvalue weighted by Crippen LogP contribution is 2.41. The number of nitrogens with zero attached hydrogens (tertiary/aromatic N) is 5. The second-order valence-corrected chi connectivity index (χ2v) is 10.5. The highest BCUT2D eigenvalue weighted by atomic mass is 32.1. The molecule has 5 rings (SSSR count). The summed E-state index contributed by atoms with van der Waals surface area (Å²) in [6, 6.07) is 9.49. The van der Waals surface area contributed by atoms with Crippen molar-refractivity contribution in [1.29, 1.82) is 0 Å². The lowest BCUT2D eigenvalue weighted by Crippen LogP contribution is -2.36. The zero-order chi connectivity index (χ0) is 27.0. The number of benzene rings is 1. The minimum atomic E-state index is -0.883. The number of nitrogens with two attached hydrogens (primary N) is 1. The van der Waals surface area contributed by atoms with Crippen LogP contribution in [-0.4, -0.2) is 62.0 Å². The monoisotopic (exact) mass is 535 g/mol. The number of hydrogen-bond acceptors (Lipinski definition) is 8. The number of carbonyl (C=O) groups excluding carboxylic acids is 1. The maximum absolute atomic E-state index is 12.4. The number of ether oxygens (including phenoxy) is 1. The summed E-state index contributed by atoms with van der Waals surface area (Å²) in [5.74, 6) is 1.33. The van der Waals surface area contributed by atoms with Gasteiger partial charge in [0.1, 0.15) is 16.4 Å². The predicted molar refractivity (Wildman–Crippen MR) is 145 cm³/mol. The quantitative estimate of drug-likeness (QED) is 0.304. The van der Waals surface area contributed by atoms with Gasteiger partial charge in [-0.3, -0.25) is 4.79 Å². The molecule has 0 bridgehead atoms. The first kappa shape index (κ1) is 25.5. The summed E-state index contributed by atoms with van der Waals surface area (Å²) in [5.41, 5.74) is 8.59. The average molecular weight is 536 g/mol. The van der Waals surface area contributed by atoms with Crippen LogP contribution in [0.25, 0.3) is 21.3 Å². The second-order valence-electron chi connectivity index (χ2n) is 9.44. The average Bonchev–Trinajstić information content (AvgIpc) is 3.50. The number of amides is 2. The van der Waals surface area contributed by atoms with Gasteiger partial charge in [0, 0.05) is 42.2 Å². The number of fused-ring (bicyclic) bond motifs is 1. The molecule has 1 fully saturated rings. The van der Waals surface area contributed by atoms with Gasteiger partial charge in [0.05, 0.1) is 29.2 Å². The lowest BCUT2D eigenvalue weighted by atomic mass is 9.94.